The van der Waals surface area contributed by atoms with Gasteiger partial charge in [-0.05, 0) is 42.5 Å². The maximum atomic E-state index is 12.3. The smallest absolute Gasteiger partial charge is 0.338 e. The molecule has 0 aromatic heterocycles. The van der Waals surface area contributed by atoms with Crippen molar-refractivity contribution in [1.29, 1.82) is 0 Å². The van der Waals surface area contributed by atoms with Gasteiger partial charge in [-0.3, -0.25) is 4.79 Å². The van der Waals surface area contributed by atoms with Crippen LogP contribution in [0.1, 0.15) is 10.4 Å². The first-order valence-electron chi connectivity index (χ1n) is 8.49. The number of esters is 1. The normalized spacial score (nSPS) is 11.2. The van der Waals surface area contributed by atoms with Crippen molar-refractivity contribution in [2.75, 3.05) is 45.0 Å². The molecule has 0 saturated carbocycles. The van der Waals surface area contributed by atoms with E-state index in [1.54, 1.807) is 24.3 Å². The van der Waals surface area contributed by atoms with Gasteiger partial charge in [0.1, 0.15) is 4.90 Å². The van der Waals surface area contributed by atoms with Crippen LogP contribution in [-0.4, -0.2) is 59.4 Å². The molecule has 0 atom stereocenters. The number of hydrogen-bond acceptors (Lipinski definition) is 6. The van der Waals surface area contributed by atoms with Crippen LogP contribution in [0.15, 0.2) is 47.4 Å². The van der Waals surface area contributed by atoms with Gasteiger partial charge in [0.25, 0.3) is 5.91 Å². The fourth-order valence-corrected chi connectivity index (χ4v) is 3.68. The molecule has 0 aliphatic heterocycles. The van der Waals surface area contributed by atoms with Crippen molar-refractivity contribution in [1.82, 2.24) is 4.31 Å². The molecular formula is C19H22ClN3O5S. The van der Waals surface area contributed by atoms with Gasteiger partial charge in [0.15, 0.2) is 6.61 Å². The number of benzene rings is 2. The van der Waals surface area contributed by atoms with Crippen LogP contribution >= 0.6 is 11.6 Å². The number of nitrogens with zero attached hydrogens (tertiary/aromatic N) is 2. The van der Waals surface area contributed by atoms with Gasteiger partial charge in [-0.15, -0.1) is 0 Å². The Kier molecular flexibility index (Phi) is 7.23. The summed E-state index contributed by atoms with van der Waals surface area (Å²) in [4.78, 5) is 25.9. The molecule has 0 aliphatic carbocycles. The number of sulfonamides is 1. The third-order valence-corrected chi connectivity index (χ3v) is 6.22. The molecular weight excluding hydrogens is 418 g/mol. The molecule has 29 heavy (non-hydrogen) atoms. The predicted octanol–water partition coefficient (Wildman–Crippen LogP) is 2.45. The summed E-state index contributed by atoms with van der Waals surface area (Å²) >= 11 is 5.97. The Labute approximate surface area is 175 Å². The second kappa shape index (κ2) is 9.25. The number of halogens is 1. The first kappa shape index (κ1) is 22.7. The first-order valence-corrected chi connectivity index (χ1v) is 10.3. The van der Waals surface area contributed by atoms with E-state index in [4.69, 9.17) is 16.3 Å². The fourth-order valence-electron chi connectivity index (χ4n) is 2.28. The Morgan fingerprint density at radius 3 is 2.21 bits per heavy atom. The van der Waals surface area contributed by atoms with Crippen molar-refractivity contribution in [3.63, 3.8) is 0 Å². The van der Waals surface area contributed by atoms with E-state index in [0.29, 0.717) is 5.56 Å². The van der Waals surface area contributed by atoms with Gasteiger partial charge in [-0.25, -0.2) is 17.5 Å². The SMILES string of the molecule is CN(C)c1ccc(C(=O)OCC(=O)Nc2ccc(Cl)c(S(=O)(=O)N(C)C)c2)cc1. The van der Waals surface area contributed by atoms with Gasteiger partial charge in [0, 0.05) is 39.6 Å². The van der Waals surface area contributed by atoms with Crippen molar-refractivity contribution in [3.8, 4) is 0 Å². The minimum Gasteiger partial charge on any atom is -0.452 e. The number of carbonyl (C=O) groups excluding carboxylic acids is 2. The van der Waals surface area contributed by atoms with Crippen molar-refractivity contribution in [2.24, 2.45) is 0 Å². The Hall–Kier alpha value is -2.62. The summed E-state index contributed by atoms with van der Waals surface area (Å²) in [6.45, 7) is -0.521. The number of nitrogens with one attached hydrogen (secondary N) is 1. The average Bonchev–Trinajstić information content (AvgIpc) is 2.67. The molecule has 8 nitrogen and oxygen atoms in total. The lowest BCUT2D eigenvalue weighted by molar-refractivity contribution is -0.119. The van der Waals surface area contributed by atoms with Gasteiger partial charge < -0.3 is 15.0 Å². The summed E-state index contributed by atoms with van der Waals surface area (Å²) in [5, 5.41) is 2.52. The molecule has 0 radical (unpaired) electrons. The summed E-state index contributed by atoms with van der Waals surface area (Å²) < 4.78 is 30.6. The number of carbonyl (C=O) groups is 2. The van der Waals surface area contributed by atoms with Crippen LogP contribution in [0.25, 0.3) is 0 Å². The summed E-state index contributed by atoms with van der Waals surface area (Å²) in [6.07, 6.45) is 0. The largest absolute Gasteiger partial charge is 0.452 e. The summed E-state index contributed by atoms with van der Waals surface area (Å²) in [7, 11) is 2.73. The lowest BCUT2D eigenvalue weighted by Gasteiger charge is -2.14. The zero-order valence-corrected chi connectivity index (χ0v) is 18.0. The molecule has 2 aromatic carbocycles. The van der Waals surface area contributed by atoms with Gasteiger partial charge in [-0.2, -0.15) is 0 Å². The highest BCUT2D eigenvalue weighted by Gasteiger charge is 2.21. The molecule has 2 rings (SSSR count). The van der Waals surface area contributed by atoms with Gasteiger partial charge in [-0.1, -0.05) is 11.6 Å². The number of hydrogen-bond donors (Lipinski definition) is 1. The lowest BCUT2D eigenvalue weighted by Crippen LogP contribution is -2.23. The van der Waals surface area contributed by atoms with E-state index in [1.165, 1.54) is 32.3 Å². The van der Waals surface area contributed by atoms with Crippen LogP contribution in [0.2, 0.25) is 5.02 Å². The van der Waals surface area contributed by atoms with Crippen LogP contribution < -0.4 is 10.2 Å². The Morgan fingerprint density at radius 2 is 1.66 bits per heavy atom. The zero-order chi connectivity index (χ0) is 21.8. The highest BCUT2D eigenvalue weighted by atomic mass is 35.5. The van der Waals surface area contributed by atoms with Gasteiger partial charge >= 0.3 is 5.97 Å². The molecule has 2 aromatic rings. The number of rotatable bonds is 7. The second-order valence-electron chi connectivity index (χ2n) is 6.50. The maximum absolute atomic E-state index is 12.3. The van der Waals surface area contributed by atoms with E-state index in [-0.39, 0.29) is 15.6 Å². The molecule has 156 valence electrons. The average molecular weight is 440 g/mol. The molecule has 0 saturated heterocycles. The maximum Gasteiger partial charge on any atom is 0.338 e. The number of anilines is 2. The van der Waals surface area contributed by atoms with Crippen molar-refractivity contribution in [2.45, 2.75) is 4.90 Å². The van der Waals surface area contributed by atoms with Crippen LogP contribution in [0, 0.1) is 0 Å². The monoisotopic (exact) mass is 439 g/mol. The highest BCUT2D eigenvalue weighted by molar-refractivity contribution is 7.89. The molecule has 10 heteroatoms. The van der Waals surface area contributed by atoms with E-state index in [0.717, 1.165) is 9.99 Å². The molecule has 1 amide bonds. The van der Waals surface area contributed by atoms with Crippen molar-refractivity contribution in [3.05, 3.63) is 53.1 Å². The lowest BCUT2D eigenvalue weighted by atomic mass is 10.2. The van der Waals surface area contributed by atoms with E-state index in [2.05, 4.69) is 5.32 Å². The van der Waals surface area contributed by atoms with Gasteiger partial charge in [0.2, 0.25) is 10.0 Å². The minimum atomic E-state index is -3.78. The predicted molar refractivity (Wildman–Crippen MR) is 112 cm³/mol. The molecule has 0 aliphatic rings. The number of amides is 1. The van der Waals surface area contributed by atoms with Crippen molar-refractivity contribution < 1.29 is 22.7 Å². The third kappa shape index (κ3) is 5.69. The summed E-state index contributed by atoms with van der Waals surface area (Å²) in [6, 6.07) is 10.8. The second-order valence-corrected chi connectivity index (χ2v) is 9.03. The zero-order valence-electron chi connectivity index (χ0n) is 16.5. The van der Waals surface area contributed by atoms with E-state index in [1.807, 2.05) is 19.0 Å². The molecule has 0 bridgehead atoms. The summed E-state index contributed by atoms with van der Waals surface area (Å²) in [5.41, 5.74) is 1.45. The van der Waals surface area contributed by atoms with Crippen molar-refractivity contribution >= 4 is 44.9 Å². The van der Waals surface area contributed by atoms with Crippen LogP contribution in [0.5, 0.6) is 0 Å². The summed E-state index contributed by atoms with van der Waals surface area (Å²) in [5.74, 6) is -1.25. The Balaban J connectivity index is 2.01. The standard InChI is InChI=1S/C19H22ClN3O5S/c1-22(2)15-8-5-13(6-9-15)19(25)28-12-18(24)21-14-7-10-16(20)17(11-14)29(26,27)23(3)4/h5-11H,12H2,1-4H3,(H,21,24). The third-order valence-electron chi connectivity index (χ3n) is 3.93. The molecule has 0 unspecified atom stereocenters. The van der Waals surface area contributed by atoms with Crippen LogP contribution in [0.3, 0.4) is 0 Å². The topological polar surface area (TPSA) is 96.0 Å². The van der Waals surface area contributed by atoms with Crippen LogP contribution in [-0.2, 0) is 19.6 Å². The highest BCUT2D eigenvalue weighted by Crippen LogP contribution is 2.26. The molecule has 0 spiro atoms. The fraction of sp³-hybridized carbons (Fsp3) is 0.263. The van der Waals surface area contributed by atoms with E-state index >= 15 is 0 Å². The number of ether oxygens (including phenoxy) is 1. The van der Waals surface area contributed by atoms with Gasteiger partial charge in [0.05, 0.1) is 10.6 Å². The van der Waals surface area contributed by atoms with Crippen LogP contribution in [0.4, 0.5) is 11.4 Å². The van der Waals surface area contributed by atoms with E-state index in [9.17, 15) is 18.0 Å². The van der Waals surface area contributed by atoms with E-state index < -0.39 is 28.5 Å². The Bertz CT molecular complexity index is 1010. The first-order chi connectivity index (χ1) is 13.5. The quantitative estimate of drug-likeness (QED) is 0.666. The molecule has 1 N–H and O–H groups in total. The molecule has 0 fully saturated rings. The molecule has 0 heterocycles. The minimum absolute atomic E-state index is 0.0318. The Morgan fingerprint density at radius 1 is 1.03 bits per heavy atom.